The summed E-state index contributed by atoms with van der Waals surface area (Å²) in [6.07, 6.45) is 3.53. The van der Waals surface area contributed by atoms with Crippen molar-refractivity contribution in [3.63, 3.8) is 0 Å². The number of anilines is 1. The van der Waals surface area contributed by atoms with Gasteiger partial charge in [-0.1, -0.05) is 17.7 Å². The number of halogens is 1. The summed E-state index contributed by atoms with van der Waals surface area (Å²) < 4.78 is 3.28. The minimum atomic E-state index is -0.490. The van der Waals surface area contributed by atoms with Crippen molar-refractivity contribution in [3.05, 3.63) is 35.6 Å². The molecule has 1 saturated heterocycles. The van der Waals surface area contributed by atoms with Gasteiger partial charge < -0.3 is 16.0 Å². The van der Waals surface area contributed by atoms with E-state index in [1.807, 2.05) is 25.4 Å². The Balaban J connectivity index is 1.69. The summed E-state index contributed by atoms with van der Waals surface area (Å²) in [7, 11) is 1.83. The molecule has 0 bridgehead atoms. The van der Waals surface area contributed by atoms with E-state index in [1.54, 1.807) is 21.5 Å². The van der Waals surface area contributed by atoms with E-state index in [0.717, 1.165) is 5.56 Å². The molecule has 1 aliphatic rings. The van der Waals surface area contributed by atoms with Crippen LogP contribution in [-0.2, 0) is 11.8 Å². The van der Waals surface area contributed by atoms with Crippen LogP contribution in [0.4, 0.5) is 5.95 Å². The first-order valence-corrected chi connectivity index (χ1v) is 9.57. The van der Waals surface area contributed by atoms with Crippen molar-refractivity contribution in [2.75, 3.05) is 25.0 Å². The molecule has 1 amide bonds. The average molecular weight is 412 g/mol. The number of nitrogens with zero attached hydrogens (tertiary/aromatic N) is 6. The molecule has 3 aromatic heterocycles. The lowest BCUT2D eigenvalue weighted by atomic mass is 10.2. The number of fused-ring (bicyclic) bond motifs is 3. The van der Waals surface area contributed by atoms with Gasteiger partial charge in [-0.2, -0.15) is 9.61 Å². The summed E-state index contributed by atoms with van der Waals surface area (Å²) >= 11 is 6.45. The van der Waals surface area contributed by atoms with Gasteiger partial charge >= 0.3 is 0 Å². The van der Waals surface area contributed by atoms with Gasteiger partial charge in [0.2, 0.25) is 11.9 Å². The van der Waals surface area contributed by atoms with Crippen LogP contribution in [0.5, 0.6) is 0 Å². The highest BCUT2D eigenvalue weighted by molar-refractivity contribution is 6.36. The molecule has 1 atom stereocenters. The van der Waals surface area contributed by atoms with Gasteiger partial charge in [-0.15, -0.1) is 5.10 Å². The van der Waals surface area contributed by atoms with Gasteiger partial charge in [-0.3, -0.25) is 9.48 Å². The Morgan fingerprint density at radius 2 is 2.17 bits per heavy atom. The molecule has 3 N–H and O–H groups in total. The standard InChI is InChI=1S/C18H18ClN9O/c1-27-9-10(7-22-27)15-25-16-14-11(19)3-2-4-12(14)23-18(28(16)26-15)24-13-8-20-5-6-21-17(13)29/h2-4,7,9,13,20H,5-6,8H2,1H3,(H,21,29)(H,23,24)/t13-/m1/s1. The van der Waals surface area contributed by atoms with Crippen LogP contribution in [0, 0.1) is 0 Å². The minimum Gasteiger partial charge on any atom is -0.353 e. The molecule has 1 fully saturated rings. The number of nitrogens with one attached hydrogen (secondary N) is 3. The minimum absolute atomic E-state index is 0.0938. The molecule has 148 valence electrons. The maximum Gasteiger partial charge on any atom is 0.243 e. The zero-order valence-electron chi connectivity index (χ0n) is 15.6. The van der Waals surface area contributed by atoms with E-state index in [1.165, 1.54) is 0 Å². The van der Waals surface area contributed by atoms with Crippen molar-refractivity contribution < 1.29 is 4.79 Å². The Kier molecular flexibility index (Phi) is 4.29. The zero-order chi connectivity index (χ0) is 20.0. The van der Waals surface area contributed by atoms with Gasteiger partial charge in [0.05, 0.1) is 27.7 Å². The summed E-state index contributed by atoms with van der Waals surface area (Å²) in [5.41, 5.74) is 2.00. The highest BCUT2D eigenvalue weighted by Crippen LogP contribution is 2.29. The summed E-state index contributed by atoms with van der Waals surface area (Å²) in [6.45, 7) is 1.78. The van der Waals surface area contributed by atoms with Crippen LogP contribution in [-0.4, -0.2) is 60.9 Å². The number of carbonyl (C=O) groups is 1. The van der Waals surface area contributed by atoms with Gasteiger partial charge in [-0.25, -0.2) is 9.97 Å². The fourth-order valence-electron chi connectivity index (χ4n) is 3.37. The molecule has 11 heteroatoms. The first kappa shape index (κ1) is 17.8. The van der Waals surface area contributed by atoms with Crippen LogP contribution in [0.15, 0.2) is 30.6 Å². The number of benzene rings is 1. The van der Waals surface area contributed by atoms with Crippen LogP contribution >= 0.6 is 11.6 Å². The molecule has 1 aromatic carbocycles. The lowest BCUT2D eigenvalue weighted by Gasteiger charge is -2.16. The van der Waals surface area contributed by atoms with Crippen molar-refractivity contribution in [1.82, 2.24) is 40.0 Å². The van der Waals surface area contributed by atoms with Gasteiger partial charge in [0.25, 0.3) is 0 Å². The van der Waals surface area contributed by atoms with Crippen LogP contribution < -0.4 is 16.0 Å². The summed E-state index contributed by atoms with van der Waals surface area (Å²) in [5.74, 6) is 0.823. The Morgan fingerprint density at radius 3 is 3.00 bits per heavy atom. The van der Waals surface area contributed by atoms with E-state index in [4.69, 9.17) is 16.6 Å². The van der Waals surface area contributed by atoms with Crippen molar-refractivity contribution in [2.45, 2.75) is 6.04 Å². The number of hydrogen-bond acceptors (Lipinski definition) is 7. The van der Waals surface area contributed by atoms with Crippen molar-refractivity contribution in [1.29, 1.82) is 0 Å². The van der Waals surface area contributed by atoms with Crippen molar-refractivity contribution in [3.8, 4) is 11.4 Å². The Morgan fingerprint density at radius 1 is 1.28 bits per heavy atom. The van der Waals surface area contributed by atoms with Crippen molar-refractivity contribution in [2.24, 2.45) is 7.05 Å². The molecule has 4 heterocycles. The molecule has 29 heavy (non-hydrogen) atoms. The van der Waals surface area contributed by atoms with Crippen LogP contribution in [0.25, 0.3) is 27.9 Å². The van der Waals surface area contributed by atoms with Crippen LogP contribution in [0.3, 0.4) is 0 Å². The third-order valence-corrected chi connectivity index (χ3v) is 5.10. The van der Waals surface area contributed by atoms with E-state index in [9.17, 15) is 4.79 Å². The fourth-order valence-corrected chi connectivity index (χ4v) is 3.63. The second-order valence-electron chi connectivity index (χ2n) is 6.83. The fraction of sp³-hybridized carbons (Fsp3) is 0.278. The van der Waals surface area contributed by atoms with Crippen molar-refractivity contribution >= 4 is 40.0 Å². The predicted molar refractivity (Wildman–Crippen MR) is 109 cm³/mol. The number of rotatable bonds is 3. The zero-order valence-corrected chi connectivity index (χ0v) is 16.3. The lowest BCUT2D eigenvalue weighted by molar-refractivity contribution is -0.121. The smallest absolute Gasteiger partial charge is 0.243 e. The number of amides is 1. The highest BCUT2D eigenvalue weighted by Gasteiger charge is 2.24. The van der Waals surface area contributed by atoms with Gasteiger partial charge in [0.15, 0.2) is 11.5 Å². The Hall–Kier alpha value is -3.24. The Labute approximate surface area is 170 Å². The second kappa shape index (κ2) is 6.98. The van der Waals surface area contributed by atoms with E-state index in [0.29, 0.717) is 53.0 Å². The highest BCUT2D eigenvalue weighted by atomic mass is 35.5. The average Bonchev–Trinajstić information content (AvgIpc) is 3.28. The number of aryl methyl sites for hydroxylation is 1. The first-order valence-electron chi connectivity index (χ1n) is 9.19. The third-order valence-electron chi connectivity index (χ3n) is 4.78. The summed E-state index contributed by atoms with van der Waals surface area (Å²) in [5, 5.41) is 19.3. The summed E-state index contributed by atoms with van der Waals surface area (Å²) in [4.78, 5) is 21.7. The molecule has 4 aromatic rings. The van der Waals surface area contributed by atoms with Crippen LogP contribution in [0.1, 0.15) is 0 Å². The number of carbonyl (C=O) groups excluding carboxylic acids is 1. The maximum absolute atomic E-state index is 12.4. The monoisotopic (exact) mass is 411 g/mol. The lowest BCUT2D eigenvalue weighted by Crippen LogP contribution is -2.42. The Bertz CT molecular complexity index is 1230. The number of hydrogen-bond donors (Lipinski definition) is 3. The van der Waals surface area contributed by atoms with E-state index >= 15 is 0 Å². The molecule has 0 radical (unpaired) electrons. The predicted octanol–water partition coefficient (Wildman–Crippen LogP) is 0.831. The maximum atomic E-state index is 12.4. The molecule has 10 nitrogen and oxygen atoms in total. The number of aromatic nitrogens is 6. The molecule has 0 aliphatic carbocycles. The van der Waals surface area contributed by atoms with E-state index < -0.39 is 6.04 Å². The third kappa shape index (κ3) is 3.15. The molecule has 0 saturated carbocycles. The van der Waals surface area contributed by atoms with Gasteiger partial charge in [0, 0.05) is 32.9 Å². The molecule has 0 spiro atoms. The van der Waals surface area contributed by atoms with E-state index in [2.05, 4.69) is 31.1 Å². The molecule has 5 rings (SSSR count). The topological polar surface area (TPSA) is 114 Å². The molecule has 1 aliphatic heterocycles. The molecular weight excluding hydrogens is 394 g/mol. The van der Waals surface area contributed by atoms with Gasteiger partial charge in [-0.05, 0) is 12.1 Å². The van der Waals surface area contributed by atoms with Gasteiger partial charge in [0.1, 0.15) is 6.04 Å². The SMILES string of the molecule is Cn1cc(-c2nc3c4c(Cl)cccc4nc(N[C@@H]4CNCCNC4=O)n3n2)cn1. The largest absolute Gasteiger partial charge is 0.353 e. The molecule has 0 unspecified atom stereocenters. The van der Waals surface area contributed by atoms with E-state index in [-0.39, 0.29) is 5.91 Å². The summed E-state index contributed by atoms with van der Waals surface area (Å²) in [6, 6.07) is 4.99. The quantitative estimate of drug-likeness (QED) is 0.457. The van der Waals surface area contributed by atoms with Crippen LogP contribution in [0.2, 0.25) is 5.02 Å². The normalized spacial score (nSPS) is 17.4. The second-order valence-corrected chi connectivity index (χ2v) is 7.24. The molecular formula is C18H18ClN9O. The first-order chi connectivity index (χ1) is 14.1.